The van der Waals surface area contributed by atoms with Gasteiger partial charge in [0.25, 0.3) is 5.91 Å². The molecule has 4 rings (SSSR count). The number of carbonyl (C=O) groups excluding carboxylic acids is 3. The number of likely N-dealkylation sites (tertiary alicyclic amines) is 1. The molecule has 33 heavy (non-hydrogen) atoms. The monoisotopic (exact) mass is 464 g/mol. The van der Waals surface area contributed by atoms with Crippen molar-refractivity contribution in [2.24, 2.45) is 5.92 Å². The van der Waals surface area contributed by atoms with E-state index in [2.05, 4.69) is 0 Å². The molecule has 2 unspecified atom stereocenters. The van der Waals surface area contributed by atoms with E-state index in [1.807, 2.05) is 0 Å². The first-order chi connectivity index (χ1) is 15.8. The zero-order valence-electron chi connectivity index (χ0n) is 18.9. The van der Waals surface area contributed by atoms with Gasteiger partial charge in [-0.3, -0.25) is 19.3 Å². The fourth-order valence-corrected chi connectivity index (χ4v) is 5.32. The van der Waals surface area contributed by atoms with Gasteiger partial charge in [-0.1, -0.05) is 6.42 Å². The van der Waals surface area contributed by atoms with Crippen LogP contribution in [0.3, 0.4) is 0 Å². The number of hydrogen-bond donors (Lipinski definition) is 0. The van der Waals surface area contributed by atoms with Gasteiger partial charge in [0.1, 0.15) is 23.4 Å². The summed E-state index contributed by atoms with van der Waals surface area (Å²) in [5, 5.41) is 0. The molecular weight excluding hydrogens is 434 g/mol. The van der Waals surface area contributed by atoms with Crippen LogP contribution < -0.4 is 0 Å². The molecule has 3 aliphatic rings. The van der Waals surface area contributed by atoms with E-state index in [1.54, 1.807) is 11.8 Å². The predicted octanol–water partition coefficient (Wildman–Crippen LogP) is 3.27. The quantitative estimate of drug-likeness (QED) is 0.640. The van der Waals surface area contributed by atoms with Crippen LogP contribution in [0.5, 0.6) is 0 Å². The van der Waals surface area contributed by atoms with E-state index in [1.165, 1.54) is 4.90 Å². The van der Waals surface area contributed by atoms with E-state index in [-0.39, 0.29) is 37.2 Å². The molecule has 7 nitrogen and oxygen atoms in total. The van der Waals surface area contributed by atoms with Crippen LogP contribution in [0, 0.1) is 17.6 Å². The van der Waals surface area contributed by atoms with Gasteiger partial charge in [-0.05, 0) is 57.6 Å². The molecule has 2 amide bonds. The molecule has 1 aliphatic carbocycles. The Kier molecular flexibility index (Phi) is 6.97. The van der Waals surface area contributed by atoms with Crippen LogP contribution in [-0.2, 0) is 19.1 Å². The summed E-state index contributed by atoms with van der Waals surface area (Å²) in [5.41, 5.74) is -1.11. The summed E-state index contributed by atoms with van der Waals surface area (Å²) < 4.78 is 39.0. The highest BCUT2D eigenvalue weighted by molar-refractivity contribution is 5.98. The second-order valence-corrected chi connectivity index (χ2v) is 9.04. The molecule has 0 radical (unpaired) electrons. The van der Waals surface area contributed by atoms with Gasteiger partial charge in [0.05, 0.1) is 19.1 Å². The summed E-state index contributed by atoms with van der Waals surface area (Å²) in [6, 6.07) is 1.77. The molecule has 0 N–H and O–H groups in total. The standard InChI is InChI=1S/C24H30F2N2O5/c1-2-32-23(31)16-7-6-10-27(14-16)22(30)20-15-33-24(8-4-3-5-9-24)28(20)21(29)17-11-18(25)13-19(26)12-17/h11-13,16,20H,2-10,14-15H2,1H3. The average molecular weight is 465 g/mol. The molecule has 9 heteroatoms. The molecular formula is C24H30F2N2O5. The largest absolute Gasteiger partial charge is 0.466 e. The van der Waals surface area contributed by atoms with Crippen molar-refractivity contribution in [1.29, 1.82) is 0 Å². The van der Waals surface area contributed by atoms with Crippen LogP contribution in [0.4, 0.5) is 8.78 Å². The summed E-state index contributed by atoms with van der Waals surface area (Å²) in [6.45, 7) is 2.71. The smallest absolute Gasteiger partial charge is 0.310 e. The Morgan fingerprint density at radius 1 is 1.09 bits per heavy atom. The van der Waals surface area contributed by atoms with Crippen molar-refractivity contribution < 1.29 is 32.6 Å². The highest BCUT2D eigenvalue weighted by atomic mass is 19.1. The molecule has 1 spiro atoms. The number of amides is 2. The Bertz CT molecular complexity index is 898. The van der Waals surface area contributed by atoms with Crippen LogP contribution in [0.2, 0.25) is 0 Å². The van der Waals surface area contributed by atoms with Gasteiger partial charge in [0.2, 0.25) is 5.91 Å². The summed E-state index contributed by atoms with van der Waals surface area (Å²) >= 11 is 0. The number of piperidine rings is 1. The summed E-state index contributed by atoms with van der Waals surface area (Å²) in [5.74, 6) is -3.37. The molecule has 0 aromatic heterocycles. The SMILES string of the molecule is CCOC(=O)C1CCCN(C(=O)C2COC3(CCCCC3)N2C(=O)c2cc(F)cc(F)c2)C1. The maximum Gasteiger partial charge on any atom is 0.310 e. The van der Waals surface area contributed by atoms with Crippen molar-refractivity contribution in [1.82, 2.24) is 9.80 Å². The maximum atomic E-state index is 13.9. The van der Waals surface area contributed by atoms with E-state index in [9.17, 15) is 23.2 Å². The van der Waals surface area contributed by atoms with Crippen LogP contribution in [0.15, 0.2) is 18.2 Å². The Labute approximate surface area is 192 Å². The average Bonchev–Trinajstić information content (AvgIpc) is 3.16. The zero-order valence-corrected chi connectivity index (χ0v) is 18.9. The van der Waals surface area contributed by atoms with E-state index in [4.69, 9.17) is 9.47 Å². The van der Waals surface area contributed by atoms with Gasteiger partial charge in [-0.2, -0.15) is 0 Å². The second kappa shape index (κ2) is 9.75. The van der Waals surface area contributed by atoms with Gasteiger partial charge >= 0.3 is 5.97 Å². The second-order valence-electron chi connectivity index (χ2n) is 9.04. The number of ether oxygens (including phenoxy) is 2. The zero-order chi connectivity index (χ0) is 23.6. The summed E-state index contributed by atoms with van der Waals surface area (Å²) in [6.07, 6.45) is 5.06. The molecule has 180 valence electrons. The van der Waals surface area contributed by atoms with Gasteiger partial charge < -0.3 is 14.4 Å². The third kappa shape index (κ3) is 4.74. The Morgan fingerprint density at radius 3 is 2.45 bits per heavy atom. The first-order valence-electron chi connectivity index (χ1n) is 11.7. The van der Waals surface area contributed by atoms with E-state index < -0.39 is 35.2 Å². The Hall–Kier alpha value is -2.55. The van der Waals surface area contributed by atoms with Gasteiger partial charge in [0, 0.05) is 24.7 Å². The fraction of sp³-hybridized carbons (Fsp3) is 0.625. The number of esters is 1. The van der Waals surface area contributed by atoms with Crippen molar-refractivity contribution in [3.8, 4) is 0 Å². The van der Waals surface area contributed by atoms with Crippen molar-refractivity contribution in [3.63, 3.8) is 0 Å². The van der Waals surface area contributed by atoms with Crippen molar-refractivity contribution >= 4 is 17.8 Å². The number of benzene rings is 1. The highest BCUT2D eigenvalue weighted by Crippen LogP contribution is 2.42. The van der Waals surface area contributed by atoms with Gasteiger partial charge in [0.15, 0.2) is 0 Å². The first kappa shape index (κ1) is 23.6. The van der Waals surface area contributed by atoms with Gasteiger partial charge in [-0.15, -0.1) is 0 Å². The Morgan fingerprint density at radius 2 is 1.79 bits per heavy atom. The Balaban J connectivity index is 1.61. The van der Waals surface area contributed by atoms with Gasteiger partial charge in [-0.25, -0.2) is 8.78 Å². The highest BCUT2D eigenvalue weighted by Gasteiger charge is 2.54. The van der Waals surface area contributed by atoms with Crippen LogP contribution in [0.25, 0.3) is 0 Å². The lowest BCUT2D eigenvalue weighted by Gasteiger charge is -2.42. The molecule has 3 fully saturated rings. The number of nitrogens with zero attached hydrogens (tertiary/aromatic N) is 2. The normalized spacial score (nSPS) is 24.7. The lowest BCUT2D eigenvalue weighted by atomic mass is 9.89. The third-order valence-electron chi connectivity index (χ3n) is 6.86. The van der Waals surface area contributed by atoms with Crippen molar-refractivity contribution in [3.05, 3.63) is 35.4 Å². The summed E-state index contributed by atoms with van der Waals surface area (Å²) in [7, 11) is 0. The molecule has 2 heterocycles. The molecule has 1 aromatic rings. The van der Waals surface area contributed by atoms with Crippen molar-refractivity contribution in [2.45, 2.75) is 63.6 Å². The number of halogens is 2. The third-order valence-corrected chi connectivity index (χ3v) is 6.86. The van der Waals surface area contributed by atoms with Crippen LogP contribution >= 0.6 is 0 Å². The fourth-order valence-electron chi connectivity index (χ4n) is 5.32. The topological polar surface area (TPSA) is 76.2 Å². The van der Waals surface area contributed by atoms with E-state index in [0.717, 1.165) is 31.4 Å². The number of carbonyl (C=O) groups is 3. The molecule has 1 aromatic carbocycles. The number of hydrogen-bond acceptors (Lipinski definition) is 5. The van der Waals surface area contributed by atoms with E-state index in [0.29, 0.717) is 38.3 Å². The first-order valence-corrected chi connectivity index (χ1v) is 11.7. The van der Waals surface area contributed by atoms with Crippen LogP contribution in [0.1, 0.15) is 62.2 Å². The molecule has 2 aliphatic heterocycles. The molecule has 2 saturated heterocycles. The minimum Gasteiger partial charge on any atom is -0.466 e. The lowest BCUT2D eigenvalue weighted by molar-refractivity contribution is -0.152. The minimum absolute atomic E-state index is 0.0168. The number of rotatable bonds is 4. The lowest BCUT2D eigenvalue weighted by Crippen LogP contribution is -2.58. The minimum atomic E-state index is -0.964. The predicted molar refractivity (Wildman–Crippen MR) is 114 cm³/mol. The molecule has 1 saturated carbocycles. The van der Waals surface area contributed by atoms with Crippen molar-refractivity contribution in [2.75, 3.05) is 26.3 Å². The van der Waals surface area contributed by atoms with Crippen LogP contribution in [-0.4, -0.2) is 65.7 Å². The molecule has 2 atom stereocenters. The molecule has 0 bridgehead atoms. The maximum absolute atomic E-state index is 13.9. The van der Waals surface area contributed by atoms with E-state index >= 15 is 0 Å². The summed E-state index contributed by atoms with van der Waals surface area (Å²) in [4.78, 5) is 42.4.